The maximum atomic E-state index is 12.5. The number of pyridine rings is 1. The summed E-state index contributed by atoms with van der Waals surface area (Å²) in [5.74, 6) is 6.78. The van der Waals surface area contributed by atoms with Crippen molar-refractivity contribution >= 4 is 5.91 Å². The summed E-state index contributed by atoms with van der Waals surface area (Å²) in [7, 11) is 0. The van der Waals surface area contributed by atoms with E-state index in [9.17, 15) is 4.79 Å². The van der Waals surface area contributed by atoms with Crippen molar-refractivity contribution in [3.8, 4) is 11.8 Å². The molecule has 1 aliphatic rings. The van der Waals surface area contributed by atoms with Crippen LogP contribution in [0.3, 0.4) is 0 Å². The molecule has 1 aromatic heterocycles. The maximum Gasteiger partial charge on any atom is 0.252 e. The highest BCUT2D eigenvalue weighted by Crippen LogP contribution is 2.29. The molecular formula is C17H23N3O. The van der Waals surface area contributed by atoms with Crippen LogP contribution in [0.25, 0.3) is 0 Å². The van der Waals surface area contributed by atoms with Crippen molar-refractivity contribution in [1.29, 1.82) is 0 Å². The zero-order valence-electron chi connectivity index (χ0n) is 12.7. The molecule has 1 heterocycles. The van der Waals surface area contributed by atoms with Crippen molar-refractivity contribution < 1.29 is 4.79 Å². The first-order valence-corrected chi connectivity index (χ1v) is 7.57. The van der Waals surface area contributed by atoms with Crippen molar-refractivity contribution in [2.45, 2.75) is 39.2 Å². The number of nitrogens with one attached hydrogen (secondary N) is 1. The van der Waals surface area contributed by atoms with Gasteiger partial charge >= 0.3 is 0 Å². The Hall–Kier alpha value is -1.86. The molecule has 1 aliphatic carbocycles. The summed E-state index contributed by atoms with van der Waals surface area (Å²) in [6.45, 7) is 4.75. The molecule has 4 nitrogen and oxygen atoms in total. The minimum atomic E-state index is -0.0651. The SMILES string of the molecule is CC1CCCC(NC(=O)c2ccncc2C#CCN)C1C. The Labute approximate surface area is 126 Å². The fourth-order valence-corrected chi connectivity index (χ4v) is 2.87. The molecule has 3 N–H and O–H groups in total. The third-order valence-corrected chi connectivity index (χ3v) is 4.41. The highest BCUT2D eigenvalue weighted by Gasteiger charge is 2.28. The quantitative estimate of drug-likeness (QED) is 0.816. The van der Waals surface area contributed by atoms with E-state index in [2.05, 4.69) is 36.0 Å². The van der Waals surface area contributed by atoms with Gasteiger partial charge in [-0.15, -0.1) is 0 Å². The van der Waals surface area contributed by atoms with E-state index in [0.29, 0.717) is 23.0 Å². The molecule has 1 saturated carbocycles. The minimum Gasteiger partial charge on any atom is -0.349 e. The first-order chi connectivity index (χ1) is 10.1. The van der Waals surface area contributed by atoms with Crippen molar-refractivity contribution in [3.05, 3.63) is 29.6 Å². The van der Waals surface area contributed by atoms with Gasteiger partial charge in [-0.25, -0.2) is 0 Å². The van der Waals surface area contributed by atoms with Gasteiger partial charge in [-0.3, -0.25) is 9.78 Å². The van der Waals surface area contributed by atoms with E-state index in [4.69, 9.17) is 5.73 Å². The second-order valence-corrected chi connectivity index (χ2v) is 5.77. The summed E-state index contributed by atoms with van der Waals surface area (Å²) in [4.78, 5) is 16.5. The topological polar surface area (TPSA) is 68.0 Å². The number of hydrogen-bond donors (Lipinski definition) is 2. The molecule has 1 aromatic rings. The number of amides is 1. The Balaban J connectivity index is 2.13. The van der Waals surface area contributed by atoms with Crippen LogP contribution in [0, 0.1) is 23.7 Å². The van der Waals surface area contributed by atoms with Gasteiger partial charge in [0.05, 0.1) is 17.7 Å². The van der Waals surface area contributed by atoms with Gasteiger partial charge in [0.1, 0.15) is 0 Å². The van der Waals surface area contributed by atoms with Crippen molar-refractivity contribution in [2.75, 3.05) is 6.54 Å². The van der Waals surface area contributed by atoms with Crippen LogP contribution < -0.4 is 11.1 Å². The molecule has 21 heavy (non-hydrogen) atoms. The Kier molecular flexibility index (Phi) is 5.35. The van der Waals surface area contributed by atoms with Gasteiger partial charge in [-0.1, -0.05) is 38.5 Å². The fourth-order valence-electron chi connectivity index (χ4n) is 2.87. The summed E-state index contributed by atoms with van der Waals surface area (Å²) in [5, 5.41) is 3.17. The summed E-state index contributed by atoms with van der Waals surface area (Å²) in [5.41, 5.74) is 6.61. The fraction of sp³-hybridized carbons (Fsp3) is 0.529. The molecule has 0 aliphatic heterocycles. The van der Waals surface area contributed by atoms with Crippen LogP contribution in [-0.4, -0.2) is 23.5 Å². The normalized spacial score (nSPS) is 24.8. The molecule has 3 atom stereocenters. The Morgan fingerprint density at radius 3 is 3.05 bits per heavy atom. The van der Waals surface area contributed by atoms with Crippen molar-refractivity contribution in [3.63, 3.8) is 0 Å². The van der Waals surface area contributed by atoms with E-state index < -0.39 is 0 Å². The Morgan fingerprint density at radius 2 is 2.29 bits per heavy atom. The average molecular weight is 285 g/mol. The van der Waals surface area contributed by atoms with Crippen LogP contribution in [0.4, 0.5) is 0 Å². The van der Waals surface area contributed by atoms with Crippen LogP contribution in [0.15, 0.2) is 18.5 Å². The Bertz CT molecular complexity index is 559. The third kappa shape index (κ3) is 3.83. The molecule has 0 saturated heterocycles. The van der Waals surface area contributed by atoms with Gasteiger partial charge in [0.15, 0.2) is 0 Å². The lowest BCUT2D eigenvalue weighted by atomic mass is 9.78. The number of carbonyl (C=O) groups excluding carboxylic acids is 1. The maximum absolute atomic E-state index is 12.5. The highest BCUT2D eigenvalue weighted by atomic mass is 16.1. The number of rotatable bonds is 2. The zero-order valence-corrected chi connectivity index (χ0v) is 12.7. The van der Waals surface area contributed by atoms with Crippen LogP contribution in [0.5, 0.6) is 0 Å². The molecule has 1 amide bonds. The number of nitrogens with two attached hydrogens (primary N) is 1. The second-order valence-electron chi connectivity index (χ2n) is 5.77. The summed E-state index contributed by atoms with van der Waals surface area (Å²) in [6, 6.07) is 1.96. The monoisotopic (exact) mass is 285 g/mol. The van der Waals surface area contributed by atoms with Crippen LogP contribution in [0.2, 0.25) is 0 Å². The summed E-state index contributed by atoms with van der Waals surface area (Å²) >= 11 is 0. The molecule has 0 aromatic carbocycles. The highest BCUT2D eigenvalue weighted by molar-refractivity contribution is 5.96. The smallest absolute Gasteiger partial charge is 0.252 e. The molecule has 0 spiro atoms. The van der Waals surface area contributed by atoms with Crippen LogP contribution in [0.1, 0.15) is 49.0 Å². The van der Waals surface area contributed by atoms with E-state index >= 15 is 0 Å². The molecule has 2 rings (SSSR count). The Morgan fingerprint density at radius 1 is 1.48 bits per heavy atom. The molecule has 3 unspecified atom stereocenters. The number of aromatic nitrogens is 1. The van der Waals surface area contributed by atoms with E-state index in [1.54, 1.807) is 18.5 Å². The third-order valence-electron chi connectivity index (χ3n) is 4.41. The summed E-state index contributed by atoms with van der Waals surface area (Å²) in [6.07, 6.45) is 6.70. The van der Waals surface area contributed by atoms with Crippen LogP contribution in [-0.2, 0) is 0 Å². The lowest BCUT2D eigenvalue weighted by molar-refractivity contribution is 0.0890. The van der Waals surface area contributed by atoms with E-state index in [1.165, 1.54) is 12.8 Å². The minimum absolute atomic E-state index is 0.0651. The standard InChI is InChI=1S/C17H23N3O/c1-12-5-3-7-16(13(12)2)20-17(21)15-8-10-19-11-14(15)6-4-9-18/h8,10-13,16H,3,5,7,9,18H2,1-2H3,(H,20,21). The molecule has 0 radical (unpaired) electrons. The predicted octanol–water partition coefficient (Wildman–Crippen LogP) is 1.95. The van der Waals surface area contributed by atoms with Crippen molar-refractivity contribution in [1.82, 2.24) is 10.3 Å². The number of hydrogen-bond acceptors (Lipinski definition) is 3. The second kappa shape index (κ2) is 7.24. The summed E-state index contributed by atoms with van der Waals surface area (Å²) < 4.78 is 0. The molecular weight excluding hydrogens is 262 g/mol. The predicted molar refractivity (Wildman–Crippen MR) is 83.6 cm³/mol. The van der Waals surface area contributed by atoms with Gasteiger partial charge in [-0.2, -0.15) is 0 Å². The number of carbonyl (C=O) groups is 1. The average Bonchev–Trinajstić information content (AvgIpc) is 2.50. The van der Waals surface area contributed by atoms with Gasteiger partial charge in [0.2, 0.25) is 0 Å². The van der Waals surface area contributed by atoms with E-state index in [-0.39, 0.29) is 18.5 Å². The molecule has 0 bridgehead atoms. The number of nitrogens with zero attached hydrogens (tertiary/aromatic N) is 1. The van der Waals surface area contributed by atoms with Gasteiger partial charge in [-0.05, 0) is 24.3 Å². The lowest BCUT2D eigenvalue weighted by Gasteiger charge is -2.34. The molecule has 1 fully saturated rings. The van der Waals surface area contributed by atoms with E-state index in [0.717, 1.165) is 6.42 Å². The van der Waals surface area contributed by atoms with E-state index in [1.807, 2.05) is 0 Å². The molecule has 112 valence electrons. The largest absolute Gasteiger partial charge is 0.349 e. The van der Waals surface area contributed by atoms with Crippen molar-refractivity contribution in [2.24, 2.45) is 17.6 Å². The van der Waals surface area contributed by atoms with Gasteiger partial charge in [0.25, 0.3) is 5.91 Å². The molecule has 4 heteroatoms. The van der Waals surface area contributed by atoms with Gasteiger partial charge < -0.3 is 11.1 Å². The van der Waals surface area contributed by atoms with Gasteiger partial charge in [0, 0.05) is 18.4 Å². The first-order valence-electron chi connectivity index (χ1n) is 7.57. The van der Waals surface area contributed by atoms with Crippen LogP contribution >= 0.6 is 0 Å². The first kappa shape index (κ1) is 15.5. The zero-order chi connectivity index (χ0) is 15.2. The lowest BCUT2D eigenvalue weighted by Crippen LogP contribution is -2.43.